The smallest absolute Gasteiger partial charge is 0 e. The van der Waals surface area contributed by atoms with E-state index in [-0.39, 0.29) is 41.7 Å². The van der Waals surface area contributed by atoms with Gasteiger partial charge >= 0.3 is 17.4 Å². The summed E-state index contributed by atoms with van der Waals surface area (Å²) in [5, 5.41) is 0. The van der Waals surface area contributed by atoms with Gasteiger partial charge in [-0.1, -0.05) is 18.2 Å². The molecule has 0 atom stereocenters. The molecule has 0 saturated carbocycles. The molecule has 0 unspecified atom stereocenters. The quantitative estimate of drug-likeness (QED) is 0.318. The number of hydrogen-bond donors (Lipinski definition) is 2. The molecule has 0 aliphatic heterocycles. The SMILES string of the molecule is O=S(=O)(O)c1ccccc1.O=[S-](=O)O.[AlH2+].[Zn]. The first-order valence-electron chi connectivity index (χ1n) is 3.15. The van der Waals surface area contributed by atoms with E-state index >= 15 is 0 Å². The Hall–Kier alpha value is 0.196. The van der Waals surface area contributed by atoms with E-state index in [9.17, 15) is 8.42 Å². The molecule has 0 saturated heterocycles. The van der Waals surface area contributed by atoms with Crippen LogP contribution in [0.15, 0.2) is 35.2 Å². The van der Waals surface area contributed by atoms with Gasteiger partial charge in [0.2, 0.25) is 0 Å². The zero-order valence-corrected chi connectivity index (χ0v) is 15.0. The predicted molar refractivity (Wildman–Crippen MR) is 56.2 cm³/mol. The monoisotopic (exact) mass is 332 g/mol. The van der Waals surface area contributed by atoms with Crippen molar-refractivity contribution >= 4 is 38.5 Å². The van der Waals surface area contributed by atoms with E-state index in [1.54, 1.807) is 18.2 Å². The number of benzene rings is 1. The second-order valence-electron chi connectivity index (χ2n) is 2.01. The Morgan fingerprint density at radius 3 is 1.56 bits per heavy atom. The van der Waals surface area contributed by atoms with E-state index in [2.05, 4.69) is 0 Å². The first-order valence-corrected chi connectivity index (χ1v) is 5.62. The average Bonchev–Trinajstić information content (AvgIpc) is 2.03. The molecule has 1 aromatic rings. The topological polar surface area (TPSA) is 109 Å². The molecule has 0 aromatic heterocycles. The van der Waals surface area contributed by atoms with Crippen molar-refractivity contribution in [2.45, 2.75) is 4.90 Å². The molecule has 16 heavy (non-hydrogen) atoms. The number of rotatable bonds is 1. The van der Waals surface area contributed by atoms with E-state index < -0.39 is 21.1 Å². The van der Waals surface area contributed by atoms with Crippen LogP contribution in [0.25, 0.3) is 0 Å². The van der Waals surface area contributed by atoms with Crippen molar-refractivity contribution in [2.75, 3.05) is 0 Å². The van der Waals surface area contributed by atoms with Crippen LogP contribution in [0.1, 0.15) is 0 Å². The van der Waals surface area contributed by atoms with Crippen molar-refractivity contribution in [2.24, 2.45) is 0 Å². The van der Waals surface area contributed by atoms with E-state index in [1.807, 2.05) is 0 Å². The number of hydrogen-bond acceptors (Lipinski definition) is 5. The van der Waals surface area contributed by atoms with Crippen LogP contribution in [-0.4, -0.2) is 34.9 Å². The van der Waals surface area contributed by atoms with E-state index in [0.29, 0.717) is 0 Å². The van der Waals surface area contributed by atoms with Gasteiger partial charge in [0.25, 0.3) is 10.1 Å². The van der Waals surface area contributed by atoms with Gasteiger partial charge in [-0.3, -0.25) is 4.55 Å². The minimum absolute atomic E-state index is 0. The summed E-state index contributed by atoms with van der Waals surface area (Å²) < 4.78 is 53.3. The Labute approximate surface area is 118 Å². The third kappa shape index (κ3) is 12.3. The minimum Gasteiger partial charge on any atom is 0 e. The second-order valence-corrected chi connectivity index (χ2v) is 3.86. The Balaban J connectivity index is -0.000000249. The van der Waals surface area contributed by atoms with E-state index in [1.165, 1.54) is 12.1 Å². The van der Waals surface area contributed by atoms with Crippen molar-refractivity contribution in [1.29, 1.82) is 0 Å². The molecule has 6 nitrogen and oxygen atoms in total. The zero-order valence-electron chi connectivity index (χ0n) is 8.44. The third-order valence-corrected chi connectivity index (χ3v) is 1.91. The molecule has 0 amide bonds. The summed E-state index contributed by atoms with van der Waals surface area (Å²) >= 11 is 0. The first kappa shape index (κ1) is 21.5. The van der Waals surface area contributed by atoms with Gasteiger partial charge in [0.05, 0.1) is 4.90 Å². The van der Waals surface area contributed by atoms with Gasteiger partial charge in [-0.2, -0.15) is 8.42 Å². The van der Waals surface area contributed by atoms with Crippen LogP contribution in [-0.2, 0) is 49.0 Å². The molecule has 86 valence electrons. The fraction of sp³-hybridized carbons (Fsp3) is 0. The van der Waals surface area contributed by atoms with Crippen LogP contribution in [0, 0.1) is 0 Å². The largest absolute Gasteiger partial charge is 0 e. The molecule has 1 aromatic carbocycles. The van der Waals surface area contributed by atoms with Gasteiger partial charge in [-0.05, 0) is 12.1 Å². The zero-order chi connectivity index (χ0) is 11.2. The summed E-state index contributed by atoms with van der Waals surface area (Å²) in [7, 11) is -6.86. The van der Waals surface area contributed by atoms with Crippen LogP contribution >= 0.6 is 0 Å². The molecule has 0 heterocycles. The van der Waals surface area contributed by atoms with Gasteiger partial charge in [0, 0.05) is 30.5 Å². The summed E-state index contributed by atoms with van der Waals surface area (Å²) in [6.45, 7) is 0. The first-order chi connectivity index (χ1) is 6.34. The maximum atomic E-state index is 10.4. The second kappa shape index (κ2) is 10.4. The third-order valence-electron chi connectivity index (χ3n) is 1.04. The molecule has 10 heteroatoms. The Morgan fingerprint density at radius 1 is 1.06 bits per heavy atom. The van der Waals surface area contributed by atoms with Crippen LogP contribution in [0.5, 0.6) is 0 Å². The van der Waals surface area contributed by atoms with Gasteiger partial charge < -0.3 is 13.0 Å². The van der Waals surface area contributed by atoms with Gasteiger partial charge in [-0.15, -0.1) is 0 Å². The van der Waals surface area contributed by atoms with Gasteiger partial charge in [-0.25, -0.2) is 0 Å². The summed E-state index contributed by atoms with van der Waals surface area (Å²) in [4.78, 5) is -0.0741. The summed E-state index contributed by atoms with van der Waals surface area (Å²) in [5.74, 6) is 0. The standard InChI is InChI=1S/C6H6O3S.Al.HO3S.Zn.2H/c7-10(8,9)6-4-2-1-3-5-6;;1-4(2)3;;;/h1-5H,(H,7,8,9);;(H,1,2,3);;;/q;+1;-1;;;. The van der Waals surface area contributed by atoms with Gasteiger partial charge in [0.1, 0.15) is 0 Å². The van der Waals surface area contributed by atoms with Crippen molar-refractivity contribution in [1.82, 2.24) is 0 Å². The summed E-state index contributed by atoms with van der Waals surface area (Å²) in [5.41, 5.74) is 0. The Kier molecular flexibility index (Phi) is 13.9. The fourth-order valence-corrected chi connectivity index (χ4v) is 1.09. The predicted octanol–water partition coefficient (Wildman–Crippen LogP) is -0.217. The Morgan fingerprint density at radius 2 is 1.38 bits per heavy atom. The van der Waals surface area contributed by atoms with Crippen molar-refractivity contribution < 1.29 is 45.4 Å². The molecular formula is C6H9AlO6S2Zn. The molecule has 0 bridgehead atoms. The maximum Gasteiger partial charge on any atom is 0 e. The molecule has 1 rings (SSSR count). The van der Waals surface area contributed by atoms with Crippen LogP contribution in [0.4, 0.5) is 0 Å². The maximum absolute atomic E-state index is 10.4. The molecule has 2 N–H and O–H groups in total. The minimum atomic E-state index is -4.00. The molecule has 0 aliphatic rings. The molecule has 0 spiro atoms. The van der Waals surface area contributed by atoms with Crippen molar-refractivity contribution in [3.63, 3.8) is 0 Å². The van der Waals surface area contributed by atoms with Crippen molar-refractivity contribution in [3.8, 4) is 0 Å². The van der Waals surface area contributed by atoms with Crippen LogP contribution < -0.4 is 0 Å². The van der Waals surface area contributed by atoms with Gasteiger partial charge in [0.15, 0.2) is 0 Å². The van der Waals surface area contributed by atoms with E-state index in [4.69, 9.17) is 17.5 Å². The normalized spacial score (nSPS) is 9.19. The summed E-state index contributed by atoms with van der Waals surface area (Å²) in [6.07, 6.45) is 0. The fourth-order valence-electron chi connectivity index (χ4n) is 0.592. The summed E-state index contributed by atoms with van der Waals surface area (Å²) in [6, 6.07) is 7.42. The van der Waals surface area contributed by atoms with Crippen LogP contribution in [0.3, 0.4) is 0 Å². The van der Waals surface area contributed by atoms with E-state index in [0.717, 1.165) is 0 Å². The molecule has 0 fully saturated rings. The molecule has 0 radical (unpaired) electrons. The molecular weight excluding hydrogens is 325 g/mol. The van der Waals surface area contributed by atoms with Crippen LogP contribution in [0.2, 0.25) is 0 Å². The molecule has 0 aliphatic carbocycles. The van der Waals surface area contributed by atoms with Crippen molar-refractivity contribution in [3.05, 3.63) is 30.3 Å². The average molecular weight is 334 g/mol. The Bertz CT molecular complexity index is 435.